The minimum Gasteiger partial charge on any atom is -0.494 e. The molecule has 1 aromatic heterocycles. The van der Waals surface area contributed by atoms with E-state index in [1.807, 2.05) is 46.4 Å². The molecule has 0 unspecified atom stereocenters. The number of rotatable bonds is 11. The van der Waals surface area contributed by atoms with Crippen LogP contribution < -0.4 is 25.6 Å². The second-order valence-electron chi connectivity index (χ2n) is 9.72. The van der Waals surface area contributed by atoms with Crippen LogP contribution in [0.15, 0.2) is 31.0 Å². The minimum atomic E-state index is -0.282. The fraction of sp³-hybridized carbons (Fsp3) is 0.480. The van der Waals surface area contributed by atoms with Gasteiger partial charge >= 0.3 is 0 Å². The third kappa shape index (κ3) is 4.94. The molecule has 1 aromatic carbocycles. The maximum Gasteiger partial charge on any atom is 0.247 e. The zero-order valence-corrected chi connectivity index (χ0v) is 20.7. The van der Waals surface area contributed by atoms with Gasteiger partial charge in [0.2, 0.25) is 11.9 Å². The van der Waals surface area contributed by atoms with Gasteiger partial charge in [-0.1, -0.05) is 6.58 Å². The van der Waals surface area contributed by atoms with Crippen LogP contribution in [0.4, 0.5) is 28.8 Å². The number of nitrogens with zero attached hydrogens (tertiary/aromatic N) is 4. The molecule has 3 N–H and O–H groups in total. The summed E-state index contributed by atoms with van der Waals surface area (Å²) < 4.78 is 5.68. The van der Waals surface area contributed by atoms with Crippen LogP contribution in [0.2, 0.25) is 0 Å². The number of aromatic nitrogens is 2. The summed E-state index contributed by atoms with van der Waals surface area (Å²) in [5.41, 5.74) is 3.38. The van der Waals surface area contributed by atoms with Crippen LogP contribution in [0.25, 0.3) is 0 Å². The molecular weight excluding hydrogens is 430 g/mol. The van der Waals surface area contributed by atoms with Crippen LogP contribution >= 0.6 is 0 Å². The first-order valence-electron chi connectivity index (χ1n) is 11.6. The summed E-state index contributed by atoms with van der Waals surface area (Å²) in [7, 11) is 7.67. The molecule has 0 aliphatic heterocycles. The standard InChI is InChI=1S/C25H35N7O2/c1-7-22(33)27-18-10-19(21(34-6)11-20(18)32(5)9-8-31(3)4)28-24-26-15-16(2)23(29-24)30-25-12-17(13-25)14-25/h7,10-11,15,17H,1,8-9,12-14H2,2-6H3,(H,27,33)(H2,26,28,29,30). The molecule has 3 aliphatic carbocycles. The summed E-state index contributed by atoms with van der Waals surface area (Å²) >= 11 is 0. The average molecular weight is 466 g/mol. The van der Waals surface area contributed by atoms with Gasteiger partial charge in [-0.2, -0.15) is 4.98 Å². The summed E-state index contributed by atoms with van der Waals surface area (Å²) in [6.45, 7) is 7.23. The topological polar surface area (TPSA) is 94.6 Å². The zero-order valence-electron chi connectivity index (χ0n) is 20.7. The Morgan fingerprint density at radius 3 is 2.56 bits per heavy atom. The van der Waals surface area contributed by atoms with E-state index in [0.717, 1.165) is 36.1 Å². The van der Waals surface area contributed by atoms with E-state index < -0.39 is 0 Å². The number of hydrogen-bond donors (Lipinski definition) is 3. The van der Waals surface area contributed by atoms with Crippen LogP contribution in [-0.2, 0) is 4.79 Å². The van der Waals surface area contributed by atoms with Crippen molar-refractivity contribution in [3.05, 3.63) is 36.5 Å². The Bertz CT molecular complexity index is 1070. The molecule has 2 bridgehead atoms. The van der Waals surface area contributed by atoms with Crippen molar-refractivity contribution in [2.75, 3.05) is 62.2 Å². The van der Waals surface area contributed by atoms with E-state index in [9.17, 15) is 4.79 Å². The Morgan fingerprint density at radius 2 is 1.97 bits per heavy atom. The molecule has 1 heterocycles. The largest absolute Gasteiger partial charge is 0.494 e. The fourth-order valence-electron chi connectivity index (χ4n) is 4.54. The molecule has 9 nitrogen and oxygen atoms in total. The molecule has 5 rings (SSSR count). The number of benzene rings is 1. The average Bonchev–Trinajstić information content (AvgIpc) is 2.75. The molecular formula is C25H35N7O2. The van der Waals surface area contributed by atoms with Crippen molar-refractivity contribution in [2.45, 2.75) is 31.7 Å². The third-order valence-electron chi connectivity index (χ3n) is 6.69. The molecule has 3 fully saturated rings. The van der Waals surface area contributed by atoms with Gasteiger partial charge in [0.1, 0.15) is 11.6 Å². The number of methoxy groups -OCH3 is 1. The van der Waals surface area contributed by atoms with Crippen LogP contribution in [0.3, 0.4) is 0 Å². The molecule has 3 saturated carbocycles. The van der Waals surface area contributed by atoms with Crippen LogP contribution in [0, 0.1) is 12.8 Å². The van der Waals surface area contributed by atoms with Gasteiger partial charge in [-0.3, -0.25) is 4.79 Å². The molecule has 0 atom stereocenters. The first-order chi connectivity index (χ1) is 16.2. The minimum absolute atomic E-state index is 0.222. The van der Waals surface area contributed by atoms with Crippen molar-refractivity contribution in [3.8, 4) is 5.75 Å². The number of amides is 1. The van der Waals surface area contributed by atoms with Gasteiger partial charge < -0.3 is 30.5 Å². The van der Waals surface area contributed by atoms with Gasteiger partial charge in [0.25, 0.3) is 0 Å². The van der Waals surface area contributed by atoms with Crippen molar-refractivity contribution in [2.24, 2.45) is 5.92 Å². The number of hydrogen-bond acceptors (Lipinski definition) is 8. The Labute approximate surface area is 201 Å². The van der Waals surface area contributed by atoms with E-state index in [4.69, 9.17) is 9.72 Å². The van der Waals surface area contributed by atoms with Crippen molar-refractivity contribution < 1.29 is 9.53 Å². The summed E-state index contributed by atoms with van der Waals surface area (Å²) in [4.78, 5) is 25.6. The quantitative estimate of drug-likeness (QED) is 0.433. The van der Waals surface area contributed by atoms with E-state index in [-0.39, 0.29) is 11.4 Å². The molecule has 2 aromatic rings. The predicted octanol–water partition coefficient (Wildman–Crippen LogP) is 3.62. The van der Waals surface area contributed by atoms with Gasteiger partial charge in [0.05, 0.1) is 24.2 Å². The van der Waals surface area contributed by atoms with Crippen molar-refractivity contribution in [1.82, 2.24) is 14.9 Å². The predicted molar refractivity (Wildman–Crippen MR) is 137 cm³/mol. The molecule has 182 valence electrons. The lowest BCUT2D eigenvalue weighted by Gasteiger charge is -2.62. The number of nitrogens with one attached hydrogen (secondary N) is 3. The Balaban J connectivity index is 1.62. The van der Waals surface area contributed by atoms with Crippen LogP contribution in [0.1, 0.15) is 24.8 Å². The fourth-order valence-corrected chi connectivity index (χ4v) is 4.54. The van der Waals surface area contributed by atoms with Gasteiger partial charge in [-0.25, -0.2) is 4.98 Å². The summed E-state index contributed by atoms with van der Waals surface area (Å²) in [6, 6.07) is 3.76. The molecule has 34 heavy (non-hydrogen) atoms. The Hall–Kier alpha value is -3.33. The maximum atomic E-state index is 12.2. The smallest absolute Gasteiger partial charge is 0.247 e. The highest BCUT2D eigenvalue weighted by Gasteiger charge is 2.56. The Morgan fingerprint density at radius 1 is 1.24 bits per heavy atom. The summed E-state index contributed by atoms with van der Waals surface area (Å²) in [5, 5.41) is 9.83. The highest BCUT2D eigenvalue weighted by atomic mass is 16.5. The first-order valence-corrected chi connectivity index (χ1v) is 11.6. The van der Waals surface area contributed by atoms with Crippen molar-refractivity contribution >= 4 is 34.7 Å². The lowest BCUT2D eigenvalue weighted by atomic mass is 9.50. The van der Waals surface area contributed by atoms with Crippen LogP contribution in [0.5, 0.6) is 5.75 Å². The van der Waals surface area contributed by atoms with E-state index in [0.29, 0.717) is 23.1 Å². The molecule has 0 saturated heterocycles. The number of carbonyl (C=O) groups is 1. The molecule has 0 radical (unpaired) electrons. The number of ether oxygens (including phenoxy) is 1. The SMILES string of the molecule is C=CC(=O)Nc1cc(Nc2ncc(C)c(NC34CC(C3)C4)n2)c(OC)cc1N(C)CCN(C)C. The highest BCUT2D eigenvalue weighted by Crippen LogP contribution is 2.58. The molecule has 0 spiro atoms. The number of aryl methyl sites for hydroxylation is 1. The zero-order chi connectivity index (χ0) is 24.5. The second kappa shape index (κ2) is 9.50. The van der Waals surface area contributed by atoms with Gasteiger partial charge in [-0.05, 0) is 58.3 Å². The second-order valence-corrected chi connectivity index (χ2v) is 9.72. The lowest BCUT2D eigenvalue weighted by Crippen LogP contribution is -2.63. The summed E-state index contributed by atoms with van der Waals surface area (Å²) in [6.07, 6.45) is 6.75. The van der Waals surface area contributed by atoms with Crippen molar-refractivity contribution in [1.29, 1.82) is 0 Å². The maximum absolute atomic E-state index is 12.2. The number of anilines is 5. The molecule has 3 aliphatic rings. The monoisotopic (exact) mass is 465 g/mol. The van der Waals surface area contributed by atoms with E-state index >= 15 is 0 Å². The third-order valence-corrected chi connectivity index (χ3v) is 6.69. The summed E-state index contributed by atoms with van der Waals surface area (Å²) in [5.74, 6) is 2.55. The molecule has 1 amide bonds. The van der Waals surface area contributed by atoms with E-state index in [1.165, 1.54) is 25.3 Å². The number of carbonyl (C=O) groups excluding carboxylic acids is 1. The van der Waals surface area contributed by atoms with E-state index in [1.54, 1.807) is 7.11 Å². The normalized spacial score (nSPS) is 20.1. The van der Waals surface area contributed by atoms with Crippen LogP contribution in [-0.4, -0.2) is 67.7 Å². The lowest BCUT2D eigenvalue weighted by molar-refractivity contribution is -0.111. The molecule has 9 heteroatoms. The first kappa shape index (κ1) is 23.8. The van der Waals surface area contributed by atoms with E-state index in [2.05, 4.69) is 37.3 Å². The van der Waals surface area contributed by atoms with Gasteiger partial charge in [0.15, 0.2) is 0 Å². The number of likely N-dealkylation sites (N-methyl/N-ethyl adjacent to an activating group) is 2. The highest BCUT2D eigenvalue weighted by molar-refractivity contribution is 6.02. The van der Waals surface area contributed by atoms with Gasteiger partial charge in [-0.15, -0.1) is 0 Å². The Kier molecular flexibility index (Phi) is 6.65. The van der Waals surface area contributed by atoms with Gasteiger partial charge in [0, 0.05) is 43.5 Å². The van der Waals surface area contributed by atoms with Crippen molar-refractivity contribution in [3.63, 3.8) is 0 Å².